The Labute approximate surface area is 138 Å². The van der Waals surface area contributed by atoms with Crippen LogP contribution >= 0.6 is 70.7 Å². The van der Waals surface area contributed by atoms with Crippen molar-refractivity contribution in [2.45, 2.75) is 0 Å². The van der Waals surface area contributed by atoms with Gasteiger partial charge in [0.1, 0.15) is 0 Å². The van der Waals surface area contributed by atoms with Crippen LogP contribution in [0.3, 0.4) is 0 Å². The van der Waals surface area contributed by atoms with Crippen molar-refractivity contribution in [3.05, 3.63) is 46.9 Å². The Morgan fingerprint density at radius 1 is 1.22 bits per heavy atom. The molecule has 1 aromatic carbocycles. The molecule has 0 unspecified atom stereocenters. The molecular formula is C11H5Br3ClNOS. The van der Waals surface area contributed by atoms with Gasteiger partial charge in [-0.3, -0.25) is 4.79 Å². The lowest BCUT2D eigenvalue weighted by atomic mass is 10.3. The van der Waals surface area contributed by atoms with E-state index in [1.54, 1.807) is 24.3 Å². The Balaban J connectivity index is 2.24. The van der Waals surface area contributed by atoms with Crippen LogP contribution in [-0.4, -0.2) is 5.91 Å². The molecule has 1 heterocycles. The molecule has 1 aromatic heterocycles. The average molecular weight is 474 g/mol. The second kappa shape index (κ2) is 6.05. The van der Waals surface area contributed by atoms with Crippen molar-refractivity contribution in [1.82, 2.24) is 0 Å². The fourth-order valence-corrected chi connectivity index (χ4v) is 4.85. The normalized spacial score (nSPS) is 10.4. The molecule has 1 N–H and O–H groups in total. The van der Waals surface area contributed by atoms with Crippen molar-refractivity contribution < 1.29 is 4.79 Å². The summed E-state index contributed by atoms with van der Waals surface area (Å²) in [4.78, 5) is 12.1. The van der Waals surface area contributed by atoms with Crippen molar-refractivity contribution in [3.63, 3.8) is 0 Å². The molecule has 0 aliphatic rings. The maximum Gasteiger partial charge on any atom is 0.257 e. The summed E-state index contributed by atoms with van der Waals surface area (Å²) in [6.07, 6.45) is 0. The summed E-state index contributed by atoms with van der Waals surface area (Å²) < 4.78 is 2.43. The minimum absolute atomic E-state index is 0.174. The van der Waals surface area contributed by atoms with Gasteiger partial charge in [-0.1, -0.05) is 11.6 Å². The van der Waals surface area contributed by atoms with E-state index in [9.17, 15) is 4.79 Å². The topological polar surface area (TPSA) is 29.1 Å². The molecule has 0 fully saturated rings. The first-order valence-corrected chi connectivity index (χ1v) is 8.26. The third-order valence-electron chi connectivity index (χ3n) is 2.08. The van der Waals surface area contributed by atoms with Gasteiger partial charge in [-0.05, 0) is 72.1 Å². The highest BCUT2D eigenvalue weighted by atomic mass is 79.9. The van der Waals surface area contributed by atoms with E-state index in [2.05, 4.69) is 53.1 Å². The Hall–Kier alpha value is 0.120. The number of nitrogens with one attached hydrogen (secondary N) is 1. The Bertz CT molecular complexity index is 614. The third-order valence-corrected chi connectivity index (χ3v) is 5.31. The predicted molar refractivity (Wildman–Crippen MR) is 86.8 cm³/mol. The molecule has 0 aliphatic carbocycles. The zero-order valence-electron chi connectivity index (χ0n) is 8.64. The second-order valence-electron chi connectivity index (χ2n) is 3.32. The molecule has 0 saturated carbocycles. The number of halogens is 4. The van der Waals surface area contributed by atoms with E-state index < -0.39 is 0 Å². The van der Waals surface area contributed by atoms with E-state index in [1.165, 1.54) is 11.3 Å². The van der Waals surface area contributed by atoms with Crippen molar-refractivity contribution in [3.8, 4) is 0 Å². The molecule has 2 aromatic rings. The van der Waals surface area contributed by atoms with Gasteiger partial charge in [0, 0.05) is 9.50 Å². The highest BCUT2D eigenvalue weighted by Gasteiger charge is 2.14. The van der Waals surface area contributed by atoms with E-state index in [0.29, 0.717) is 16.3 Å². The van der Waals surface area contributed by atoms with Gasteiger partial charge in [0.2, 0.25) is 0 Å². The number of carbonyl (C=O) groups is 1. The first-order valence-electron chi connectivity index (χ1n) is 4.68. The summed E-state index contributed by atoms with van der Waals surface area (Å²) in [5.74, 6) is -0.174. The third kappa shape index (κ3) is 3.36. The molecule has 0 bridgehead atoms. The Morgan fingerprint density at radius 3 is 2.50 bits per heavy atom. The van der Waals surface area contributed by atoms with Crippen LogP contribution in [0.2, 0.25) is 5.02 Å². The lowest BCUT2D eigenvalue weighted by Gasteiger charge is -2.07. The van der Waals surface area contributed by atoms with E-state index in [1.807, 2.05) is 0 Å². The minimum atomic E-state index is -0.174. The standard InChI is InChI=1S/C11H5Br3ClNOS/c12-7-3-5(15)1-2-8(7)16-11(17)6-4-9(13)18-10(6)14/h1-4H,(H,16,17). The van der Waals surface area contributed by atoms with Crippen LogP contribution in [0.4, 0.5) is 5.69 Å². The quantitative estimate of drug-likeness (QED) is 0.574. The molecule has 0 saturated heterocycles. The zero-order chi connectivity index (χ0) is 13.3. The van der Waals surface area contributed by atoms with Crippen LogP contribution in [0.1, 0.15) is 10.4 Å². The van der Waals surface area contributed by atoms with Crippen molar-refractivity contribution >= 4 is 82.3 Å². The van der Waals surface area contributed by atoms with E-state index in [-0.39, 0.29) is 5.91 Å². The molecule has 0 aliphatic heterocycles. The number of benzene rings is 1. The van der Waals surface area contributed by atoms with Crippen LogP contribution in [0.25, 0.3) is 0 Å². The van der Waals surface area contributed by atoms with E-state index >= 15 is 0 Å². The SMILES string of the molecule is O=C(Nc1ccc(Cl)cc1Br)c1cc(Br)sc1Br. The molecular weight excluding hydrogens is 469 g/mol. The largest absolute Gasteiger partial charge is 0.321 e. The first kappa shape index (κ1) is 14.5. The monoisotopic (exact) mass is 471 g/mol. The van der Waals surface area contributed by atoms with Crippen LogP contribution in [0, 0.1) is 0 Å². The van der Waals surface area contributed by atoms with Crippen LogP contribution < -0.4 is 5.32 Å². The first-order chi connectivity index (χ1) is 8.47. The summed E-state index contributed by atoms with van der Waals surface area (Å²) in [5.41, 5.74) is 1.27. The fraction of sp³-hybridized carbons (Fsp3) is 0. The van der Waals surface area contributed by atoms with Crippen molar-refractivity contribution in [1.29, 1.82) is 0 Å². The second-order valence-corrected chi connectivity index (χ2v) is 8.36. The Morgan fingerprint density at radius 2 is 1.94 bits per heavy atom. The van der Waals surface area contributed by atoms with Crippen LogP contribution in [-0.2, 0) is 0 Å². The van der Waals surface area contributed by atoms with E-state index in [4.69, 9.17) is 11.6 Å². The molecule has 2 rings (SSSR count). The van der Waals surface area contributed by atoms with Gasteiger partial charge in [-0.2, -0.15) is 0 Å². The number of thiophene rings is 1. The Kier molecular flexibility index (Phi) is 4.88. The van der Waals surface area contributed by atoms with Gasteiger partial charge in [0.05, 0.1) is 18.8 Å². The number of anilines is 1. The number of hydrogen-bond acceptors (Lipinski definition) is 2. The van der Waals surface area contributed by atoms with E-state index in [0.717, 1.165) is 12.0 Å². The molecule has 2 nitrogen and oxygen atoms in total. The highest BCUT2D eigenvalue weighted by molar-refractivity contribution is 9.12. The number of hydrogen-bond donors (Lipinski definition) is 1. The highest BCUT2D eigenvalue weighted by Crippen LogP contribution is 2.33. The fourth-order valence-electron chi connectivity index (χ4n) is 1.28. The average Bonchev–Trinajstić information content (AvgIpc) is 2.62. The smallest absolute Gasteiger partial charge is 0.257 e. The maximum atomic E-state index is 12.1. The molecule has 0 atom stereocenters. The minimum Gasteiger partial charge on any atom is -0.321 e. The summed E-state index contributed by atoms with van der Waals surface area (Å²) >= 11 is 17.4. The number of carbonyl (C=O) groups excluding carboxylic acids is 1. The van der Waals surface area contributed by atoms with Crippen LogP contribution in [0.15, 0.2) is 36.3 Å². The maximum absolute atomic E-state index is 12.1. The predicted octanol–water partition coefficient (Wildman–Crippen LogP) is 5.94. The molecule has 0 spiro atoms. The lowest BCUT2D eigenvalue weighted by molar-refractivity contribution is 0.102. The van der Waals surface area contributed by atoms with Gasteiger partial charge in [0.25, 0.3) is 5.91 Å². The van der Waals surface area contributed by atoms with Gasteiger partial charge in [-0.15, -0.1) is 11.3 Å². The molecule has 18 heavy (non-hydrogen) atoms. The molecule has 1 amide bonds. The summed E-state index contributed by atoms with van der Waals surface area (Å²) in [6.45, 7) is 0. The van der Waals surface area contributed by atoms with Crippen LogP contribution in [0.5, 0.6) is 0 Å². The molecule has 7 heteroatoms. The molecule has 0 radical (unpaired) electrons. The lowest BCUT2D eigenvalue weighted by Crippen LogP contribution is -2.11. The van der Waals surface area contributed by atoms with Gasteiger partial charge >= 0.3 is 0 Å². The number of amides is 1. The summed E-state index contributed by atoms with van der Waals surface area (Å²) in [7, 11) is 0. The summed E-state index contributed by atoms with van der Waals surface area (Å²) in [6, 6.07) is 6.98. The number of rotatable bonds is 2. The van der Waals surface area contributed by atoms with Gasteiger partial charge < -0.3 is 5.32 Å². The van der Waals surface area contributed by atoms with Crippen molar-refractivity contribution in [2.75, 3.05) is 5.32 Å². The van der Waals surface area contributed by atoms with Gasteiger partial charge in [0.15, 0.2) is 0 Å². The van der Waals surface area contributed by atoms with Crippen molar-refractivity contribution in [2.24, 2.45) is 0 Å². The summed E-state index contributed by atoms with van der Waals surface area (Å²) in [5, 5.41) is 3.43. The zero-order valence-corrected chi connectivity index (χ0v) is 15.0. The van der Waals surface area contributed by atoms with Gasteiger partial charge in [-0.25, -0.2) is 0 Å². The molecule has 94 valence electrons.